The van der Waals surface area contributed by atoms with Gasteiger partial charge in [0.15, 0.2) is 0 Å². The average molecular weight is 316 g/mol. The maximum atomic E-state index is 6.09. The van der Waals surface area contributed by atoms with Crippen LogP contribution in [0.2, 0.25) is 10.0 Å². The highest BCUT2D eigenvalue weighted by Gasteiger charge is 2.21. The first-order chi connectivity index (χ1) is 9.34. The summed E-state index contributed by atoms with van der Waals surface area (Å²) in [4.78, 5) is 4.35. The monoisotopic (exact) mass is 315 g/mol. The van der Waals surface area contributed by atoms with Gasteiger partial charge in [-0.05, 0) is 24.0 Å². The molecule has 0 radical (unpaired) electrons. The highest BCUT2D eigenvalue weighted by molar-refractivity contribution is 6.42. The number of benzene rings is 1. The molecule has 0 aliphatic heterocycles. The van der Waals surface area contributed by atoms with Crippen LogP contribution < -0.4 is 5.73 Å². The number of ether oxygens (including phenoxy) is 1. The van der Waals surface area contributed by atoms with E-state index in [1.807, 2.05) is 10.6 Å². The molecule has 0 spiro atoms. The number of hydrogen-bond donors (Lipinski definition) is 1. The molecule has 1 aromatic heterocycles. The van der Waals surface area contributed by atoms with Crippen LogP contribution in [-0.2, 0) is 11.3 Å². The van der Waals surface area contributed by atoms with E-state index in [0.717, 1.165) is 24.0 Å². The summed E-state index contributed by atoms with van der Waals surface area (Å²) in [6.45, 7) is 5.81. The molecule has 1 aromatic carbocycles. The Labute approximate surface area is 128 Å². The molecule has 4 nitrogen and oxygen atoms in total. The number of rotatable bonds is 5. The van der Waals surface area contributed by atoms with Gasteiger partial charge in [0, 0.05) is 20.3 Å². The minimum Gasteiger partial charge on any atom is -0.385 e. The average Bonchev–Trinajstić information content (AvgIpc) is 2.64. The second-order valence-corrected chi connectivity index (χ2v) is 6.53. The summed E-state index contributed by atoms with van der Waals surface area (Å²) < 4.78 is 7.13. The lowest BCUT2D eigenvalue weighted by atomic mass is 9.89. The molecule has 0 aliphatic rings. The summed E-state index contributed by atoms with van der Waals surface area (Å²) in [5.74, 6) is 0.476. The highest BCUT2D eigenvalue weighted by Crippen LogP contribution is 2.32. The number of halogens is 2. The minimum atomic E-state index is 0.0455. The molecule has 0 unspecified atom stereocenters. The van der Waals surface area contributed by atoms with Crippen molar-refractivity contribution < 1.29 is 4.74 Å². The molecule has 2 rings (SSSR count). The quantitative estimate of drug-likeness (QED) is 0.907. The van der Waals surface area contributed by atoms with Crippen molar-refractivity contribution in [1.29, 1.82) is 0 Å². The summed E-state index contributed by atoms with van der Waals surface area (Å²) in [5.41, 5.74) is 7.74. The maximum absolute atomic E-state index is 6.09. The van der Waals surface area contributed by atoms with Crippen molar-refractivity contribution in [1.82, 2.24) is 9.55 Å². The van der Waals surface area contributed by atoms with Gasteiger partial charge in [0.05, 0.1) is 21.1 Å². The standard InChI is InChI=1S/C14H19Cl2N3O/c1-14(2,4-5-20-3)8-19-12-7-10(16)9(15)6-11(12)18-13(19)17/h6-7H,4-5,8H2,1-3H3,(H2,17,18). The Balaban J connectivity index is 2.39. The molecule has 20 heavy (non-hydrogen) atoms. The van der Waals surface area contributed by atoms with Crippen LogP contribution in [0.5, 0.6) is 0 Å². The van der Waals surface area contributed by atoms with Crippen molar-refractivity contribution in [3.05, 3.63) is 22.2 Å². The lowest BCUT2D eigenvalue weighted by Gasteiger charge is -2.25. The second kappa shape index (κ2) is 5.80. The van der Waals surface area contributed by atoms with Crippen molar-refractivity contribution in [2.75, 3.05) is 19.5 Å². The minimum absolute atomic E-state index is 0.0455. The molecule has 0 bridgehead atoms. The van der Waals surface area contributed by atoms with Gasteiger partial charge in [-0.25, -0.2) is 4.98 Å². The van der Waals surface area contributed by atoms with Crippen LogP contribution in [0, 0.1) is 5.41 Å². The predicted octanol–water partition coefficient (Wildman–Crippen LogP) is 3.99. The van der Waals surface area contributed by atoms with Crippen molar-refractivity contribution in [3.8, 4) is 0 Å². The van der Waals surface area contributed by atoms with E-state index in [4.69, 9.17) is 33.7 Å². The number of aromatic nitrogens is 2. The van der Waals surface area contributed by atoms with E-state index in [1.165, 1.54) is 0 Å². The molecule has 0 fully saturated rings. The molecule has 0 saturated heterocycles. The topological polar surface area (TPSA) is 53.1 Å². The van der Waals surface area contributed by atoms with E-state index in [1.54, 1.807) is 13.2 Å². The van der Waals surface area contributed by atoms with Gasteiger partial charge in [-0.1, -0.05) is 37.0 Å². The van der Waals surface area contributed by atoms with Crippen molar-refractivity contribution in [3.63, 3.8) is 0 Å². The number of nitrogens with zero attached hydrogens (tertiary/aromatic N) is 2. The van der Waals surface area contributed by atoms with E-state index >= 15 is 0 Å². The summed E-state index contributed by atoms with van der Waals surface area (Å²) >= 11 is 12.1. The Morgan fingerprint density at radius 1 is 1.30 bits per heavy atom. The SMILES string of the molecule is COCCC(C)(C)Cn1c(N)nc2cc(Cl)c(Cl)cc21. The number of nitrogens with two attached hydrogens (primary N) is 1. The summed E-state index contributed by atoms with van der Waals surface area (Å²) in [6.07, 6.45) is 0.934. The first kappa shape index (κ1) is 15.4. The molecule has 0 aliphatic carbocycles. The summed E-state index contributed by atoms with van der Waals surface area (Å²) in [5, 5.41) is 0.998. The van der Waals surface area contributed by atoms with Gasteiger partial charge in [0.2, 0.25) is 5.95 Å². The number of methoxy groups -OCH3 is 1. The van der Waals surface area contributed by atoms with Crippen LogP contribution in [0.4, 0.5) is 5.95 Å². The van der Waals surface area contributed by atoms with Crippen molar-refractivity contribution in [2.24, 2.45) is 5.41 Å². The van der Waals surface area contributed by atoms with Gasteiger partial charge in [0.25, 0.3) is 0 Å². The van der Waals surface area contributed by atoms with Crippen LogP contribution in [0.3, 0.4) is 0 Å². The predicted molar refractivity (Wildman–Crippen MR) is 84.4 cm³/mol. The second-order valence-electron chi connectivity index (χ2n) is 5.72. The Hall–Kier alpha value is -0.970. The lowest BCUT2D eigenvalue weighted by molar-refractivity contribution is 0.143. The largest absolute Gasteiger partial charge is 0.385 e. The molecule has 1 heterocycles. The molecule has 0 saturated carbocycles. The van der Waals surface area contributed by atoms with Crippen LogP contribution >= 0.6 is 23.2 Å². The highest BCUT2D eigenvalue weighted by atomic mass is 35.5. The van der Waals surface area contributed by atoms with E-state index in [9.17, 15) is 0 Å². The Morgan fingerprint density at radius 3 is 2.60 bits per heavy atom. The number of anilines is 1. The van der Waals surface area contributed by atoms with Crippen LogP contribution in [0.25, 0.3) is 11.0 Å². The van der Waals surface area contributed by atoms with Crippen molar-refractivity contribution >= 4 is 40.2 Å². The van der Waals surface area contributed by atoms with Gasteiger partial charge in [-0.15, -0.1) is 0 Å². The van der Waals surface area contributed by atoms with Crippen LogP contribution in [0.1, 0.15) is 20.3 Å². The smallest absolute Gasteiger partial charge is 0.201 e. The van der Waals surface area contributed by atoms with Crippen LogP contribution in [-0.4, -0.2) is 23.3 Å². The first-order valence-electron chi connectivity index (χ1n) is 6.44. The van der Waals surface area contributed by atoms with Gasteiger partial charge in [-0.2, -0.15) is 0 Å². The third-order valence-electron chi connectivity index (χ3n) is 3.39. The molecule has 6 heteroatoms. The van der Waals surface area contributed by atoms with Gasteiger partial charge in [-0.3, -0.25) is 0 Å². The molecule has 2 aromatic rings. The Bertz CT molecular complexity index is 622. The molecule has 0 atom stereocenters. The van der Waals surface area contributed by atoms with Crippen molar-refractivity contribution in [2.45, 2.75) is 26.8 Å². The first-order valence-corrected chi connectivity index (χ1v) is 7.19. The normalized spacial score (nSPS) is 12.2. The van der Waals surface area contributed by atoms with Gasteiger partial charge in [0.1, 0.15) is 0 Å². The number of fused-ring (bicyclic) bond motifs is 1. The Kier molecular flexibility index (Phi) is 4.47. The number of nitrogen functional groups attached to an aromatic ring is 1. The fourth-order valence-electron chi connectivity index (χ4n) is 2.19. The molecular weight excluding hydrogens is 297 g/mol. The van der Waals surface area contributed by atoms with E-state index in [-0.39, 0.29) is 5.41 Å². The fraction of sp³-hybridized carbons (Fsp3) is 0.500. The summed E-state index contributed by atoms with van der Waals surface area (Å²) in [7, 11) is 1.71. The molecule has 110 valence electrons. The van der Waals surface area contributed by atoms with Gasteiger partial charge < -0.3 is 15.0 Å². The third kappa shape index (κ3) is 3.19. The Morgan fingerprint density at radius 2 is 1.95 bits per heavy atom. The van der Waals surface area contributed by atoms with E-state index < -0.39 is 0 Å². The molecular formula is C14H19Cl2N3O. The molecule has 2 N–H and O–H groups in total. The fourth-order valence-corrected chi connectivity index (χ4v) is 2.51. The van der Waals surface area contributed by atoms with Gasteiger partial charge >= 0.3 is 0 Å². The van der Waals surface area contributed by atoms with Crippen LogP contribution in [0.15, 0.2) is 12.1 Å². The number of hydrogen-bond acceptors (Lipinski definition) is 3. The van der Waals surface area contributed by atoms with E-state index in [0.29, 0.717) is 22.6 Å². The zero-order valence-corrected chi connectivity index (χ0v) is 13.4. The van der Waals surface area contributed by atoms with E-state index in [2.05, 4.69) is 18.8 Å². The lowest BCUT2D eigenvalue weighted by Crippen LogP contribution is -2.22. The summed E-state index contributed by atoms with van der Waals surface area (Å²) in [6, 6.07) is 3.56. The third-order valence-corrected chi connectivity index (χ3v) is 4.11. The zero-order valence-electron chi connectivity index (χ0n) is 11.9. The molecule has 0 amide bonds. The zero-order chi connectivity index (χ0) is 14.9. The maximum Gasteiger partial charge on any atom is 0.201 e. The number of imidazole rings is 1.